The lowest BCUT2D eigenvalue weighted by molar-refractivity contribution is 1.15. The Morgan fingerprint density at radius 2 is 2.17 bits per heavy atom. The van der Waals surface area contributed by atoms with Crippen molar-refractivity contribution in [2.45, 2.75) is 20.8 Å². The number of aromatic nitrogens is 1. The molecule has 1 aromatic heterocycles. The third kappa shape index (κ3) is 3.81. The van der Waals surface area contributed by atoms with Gasteiger partial charge in [0, 0.05) is 24.9 Å². The van der Waals surface area contributed by atoms with E-state index in [2.05, 4.69) is 10.3 Å². The maximum absolute atomic E-state index is 10.7. The Hall–Kier alpha value is -1.25. The zero-order chi connectivity index (χ0) is 9.40. The monoisotopic (exact) mass is 168 g/mol. The van der Waals surface area contributed by atoms with E-state index in [0.717, 1.165) is 12.4 Å². The molecule has 2 N–H and O–H groups in total. The molecule has 0 saturated carbocycles. The predicted octanol–water partition coefficient (Wildman–Crippen LogP) is 1.83. The van der Waals surface area contributed by atoms with Crippen LogP contribution >= 0.6 is 0 Å². The Labute approximate surface area is 72.8 Å². The van der Waals surface area contributed by atoms with Crippen LogP contribution < -0.4 is 10.7 Å². The SMILES string of the molecule is CC.CCNc1cc(=O)cc[nH]1. The van der Waals surface area contributed by atoms with Gasteiger partial charge < -0.3 is 10.3 Å². The topological polar surface area (TPSA) is 44.9 Å². The van der Waals surface area contributed by atoms with Gasteiger partial charge in [-0.25, -0.2) is 0 Å². The lowest BCUT2D eigenvalue weighted by Crippen LogP contribution is -2.04. The summed E-state index contributed by atoms with van der Waals surface area (Å²) in [5.74, 6) is 0.773. The fraction of sp³-hybridized carbons (Fsp3) is 0.444. The first-order valence-electron chi connectivity index (χ1n) is 4.25. The molecule has 1 aromatic rings. The summed E-state index contributed by atoms with van der Waals surface area (Å²) >= 11 is 0. The average Bonchev–Trinajstić information content (AvgIpc) is 2.09. The molecule has 0 radical (unpaired) electrons. The van der Waals surface area contributed by atoms with Gasteiger partial charge in [0.2, 0.25) is 0 Å². The van der Waals surface area contributed by atoms with Gasteiger partial charge in [0.05, 0.1) is 0 Å². The zero-order valence-corrected chi connectivity index (χ0v) is 7.85. The van der Waals surface area contributed by atoms with Crippen LogP contribution in [-0.4, -0.2) is 11.5 Å². The third-order valence-electron chi connectivity index (χ3n) is 1.14. The van der Waals surface area contributed by atoms with Crippen LogP contribution in [0.2, 0.25) is 0 Å². The summed E-state index contributed by atoms with van der Waals surface area (Å²) in [6.45, 7) is 6.80. The van der Waals surface area contributed by atoms with Crippen molar-refractivity contribution < 1.29 is 0 Å². The van der Waals surface area contributed by atoms with Gasteiger partial charge in [-0.2, -0.15) is 0 Å². The Morgan fingerprint density at radius 3 is 2.67 bits per heavy atom. The fourth-order valence-corrected chi connectivity index (χ4v) is 0.738. The molecule has 0 fully saturated rings. The van der Waals surface area contributed by atoms with Crippen LogP contribution in [-0.2, 0) is 0 Å². The summed E-state index contributed by atoms with van der Waals surface area (Å²) in [5, 5.41) is 2.99. The molecule has 0 aromatic carbocycles. The number of hydrogen-bond donors (Lipinski definition) is 2. The first-order chi connectivity index (χ1) is 5.83. The van der Waals surface area contributed by atoms with E-state index in [0.29, 0.717) is 0 Å². The molecule has 1 rings (SSSR count). The minimum absolute atomic E-state index is 0.0229. The van der Waals surface area contributed by atoms with Crippen molar-refractivity contribution in [2.24, 2.45) is 0 Å². The van der Waals surface area contributed by atoms with E-state index in [9.17, 15) is 4.79 Å². The van der Waals surface area contributed by atoms with Gasteiger partial charge in [0.25, 0.3) is 0 Å². The number of hydrogen-bond acceptors (Lipinski definition) is 2. The number of aromatic amines is 1. The minimum atomic E-state index is 0.0229. The first kappa shape index (κ1) is 10.8. The van der Waals surface area contributed by atoms with E-state index in [1.807, 2.05) is 20.8 Å². The van der Waals surface area contributed by atoms with Crippen LogP contribution in [0.3, 0.4) is 0 Å². The molecule has 0 unspecified atom stereocenters. The highest BCUT2D eigenvalue weighted by molar-refractivity contribution is 5.32. The molecule has 0 aliphatic rings. The Kier molecular flexibility index (Phi) is 5.79. The van der Waals surface area contributed by atoms with E-state index in [4.69, 9.17) is 0 Å². The van der Waals surface area contributed by atoms with Gasteiger partial charge in [0.15, 0.2) is 5.43 Å². The van der Waals surface area contributed by atoms with Gasteiger partial charge in [-0.15, -0.1) is 0 Å². The lowest BCUT2D eigenvalue weighted by Gasteiger charge is -1.99. The maximum atomic E-state index is 10.7. The van der Waals surface area contributed by atoms with Crippen LogP contribution in [0, 0.1) is 0 Å². The first-order valence-corrected chi connectivity index (χ1v) is 4.25. The third-order valence-corrected chi connectivity index (χ3v) is 1.14. The van der Waals surface area contributed by atoms with E-state index >= 15 is 0 Å². The predicted molar refractivity (Wildman–Crippen MR) is 52.6 cm³/mol. The normalized spacial score (nSPS) is 8.25. The minimum Gasteiger partial charge on any atom is -0.372 e. The Bertz CT molecular complexity index is 255. The standard InChI is InChI=1S/C7H10N2O.C2H6/c1-2-8-7-5-6(10)3-4-9-7;1-2/h3-5H,2H2,1H3,(H2,8,9,10);1-2H3. The van der Waals surface area contributed by atoms with Gasteiger partial charge in [-0.3, -0.25) is 4.79 Å². The molecule has 12 heavy (non-hydrogen) atoms. The molecule has 0 aliphatic carbocycles. The molecule has 0 aliphatic heterocycles. The molecule has 0 saturated heterocycles. The van der Waals surface area contributed by atoms with E-state index in [1.54, 1.807) is 6.20 Å². The summed E-state index contributed by atoms with van der Waals surface area (Å²) in [6, 6.07) is 3.02. The number of H-pyrrole nitrogens is 1. The number of anilines is 1. The lowest BCUT2D eigenvalue weighted by atomic mass is 10.4. The van der Waals surface area contributed by atoms with Gasteiger partial charge >= 0.3 is 0 Å². The summed E-state index contributed by atoms with van der Waals surface area (Å²) in [4.78, 5) is 13.6. The molecular weight excluding hydrogens is 152 g/mol. The maximum Gasteiger partial charge on any atom is 0.183 e. The highest BCUT2D eigenvalue weighted by Crippen LogP contribution is 1.93. The van der Waals surface area contributed by atoms with Crippen LogP contribution in [0.1, 0.15) is 20.8 Å². The second-order valence-corrected chi connectivity index (χ2v) is 1.97. The largest absolute Gasteiger partial charge is 0.372 e. The summed E-state index contributed by atoms with van der Waals surface area (Å²) in [6.07, 6.45) is 1.63. The second kappa shape index (κ2) is 6.46. The molecule has 0 atom stereocenters. The van der Waals surface area contributed by atoms with Gasteiger partial charge in [-0.1, -0.05) is 13.8 Å². The zero-order valence-electron chi connectivity index (χ0n) is 7.85. The summed E-state index contributed by atoms with van der Waals surface area (Å²) in [7, 11) is 0. The van der Waals surface area contributed by atoms with Gasteiger partial charge in [0.1, 0.15) is 5.82 Å². The second-order valence-electron chi connectivity index (χ2n) is 1.97. The summed E-state index contributed by atoms with van der Waals surface area (Å²) < 4.78 is 0. The average molecular weight is 168 g/mol. The van der Waals surface area contributed by atoms with Crippen LogP contribution in [0.25, 0.3) is 0 Å². The molecule has 0 amide bonds. The molecule has 0 spiro atoms. The van der Waals surface area contributed by atoms with Crippen LogP contribution in [0.15, 0.2) is 23.1 Å². The smallest absolute Gasteiger partial charge is 0.183 e. The molecule has 0 bridgehead atoms. The molecular formula is C9H16N2O. The van der Waals surface area contributed by atoms with Crippen molar-refractivity contribution in [3.63, 3.8) is 0 Å². The van der Waals surface area contributed by atoms with Crippen molar-refractivity contribution in [3.05, 3.63) is 28.6 Å². The highest BCUT2D eigenvalue weighted by atomic mass is 16.1. The van der Waals surface area contributed by atoms with Crippen LogP contribution in [0.4, 0.5) is 5.82 Å². The molecule has 3 nitrogen and oxygen atoms in total. The Morgan fingerprint density at radius 1 is 1.50 bits per heavy atom. The number of pyridine rings is 1. The van der Waals surface area contributed by atoms with Crippen molar-refractivity contribution in [3.8, 4) is 0 Å². The highest BCUT2D eigenvalue weighted by Gasteiger charge is 1.87. The number of nitrogens with one attached hydrogen (secondary N) is 2. The van der Waals surface area contributed by atoms with Crippen molar-refractivity contribution in [1.82, 2.24) is 4.98 Å². The van der Waals surface area contributed by atoms with Crippen molar-refractivity contribution in [2.75, 3.05) is 11.9 Å². The van der Waals surface area contributed by atoms with E-state index in [-0.39, 0.29) is 5.43 Å². The van der Waals surface area contributed by atoms with Crippen LogP contribution in [0.5, 0.6) is 0 Å². The molecule has 3 heteroatoms. The van der Waals surface area contributed by atoms with E-state index < -0.39 is 0 Å². The van der Waals surface area contributed by atoms with Gasteiger partial charge in [-0.05, 0) is 6.92 Å². The molecule has 68 valence electrons. The number of rotatable bonds is 2. The fourth-order valence-electron chi connectivity index (χ4n) is 0.738. The Balaban J connectivity index is 0.000000561. The molecule has 1 heterocycles. The van der Waals surface area contributed by atoms with E-state index in [1.165, 1.54) is 12.1 Å². The van der Waals surface area contributed by atoms with Crippen molar-refractivity contribution in [1.29, 1.82) is 0 Å². The summed E-state index contributed by atoms with van der Waals surface area (Å²) in [5.41, 5.74) is 0.0229. The van der Waals surface area contributed by atoms with Crippen molar-refractivity contribution >= 4 is 5.82 Å². The quantitative estimate of drug-likeness (QED) is 0.707.